The van der Waals surface area contributed by atoms with E-state index in [-0.39, 0.29) is 36.6 Å². The van der Waals surface area contributed by atoms with Crippen LogP contribution in [0.25, 0.3) is 0 Å². The van der Waals surface area contributed by atoms with E-state index in [1.165, 1.54) is 19.1 Å². The Kier molecular flexibility index (Phi) is 5.84. The average molecular weight is 430 g/mol. The van der Waals surface area contributed by atoms with Crippen LogP contribution in [0.15, 0.2) is 18.2 Å². The Morgan fingerprint density at radius 1 is 1.06 bits per heavy atom. The van der Waals surface area contributed by atoms with Crippen LogP contribution in [0, 0.1) is 23.7 Å². The molecule has 9 heteroatoms. The van der Waals surface area contributed by atoms with Crippen LogP contribution in [0.4, 0.5) is 5.69 Å². The van der Waals surface area contributed by atoms with E-state index in [1.54, 1.807) is 18.2 Å². The van der Waals surface area contributed by atoms with Gasteiger partial charge in [0.05, 0.1) is 38.2 Å². The summed E-state index contributed by atoms with van der Waals surface area (Å²) in [4.78, 5) is 50.7. The molecule has 3 fully saturated rings. The summed E-state index contributed by atoms with van der Waals surface area (Å²) in [6.07, 6.45) is 2.85. The zero-order valence-corrected chi connectivity index (χ0v) is 17.6. The summed E-state index contributed by atoms with van der Waals surface area (Å²) in [7, 11) is 2.98. The summed E-state index contributed by atoms with van der Waals surface area (Å²) < 4.78 is 15.3. The zero-order chi connectivity index (χ0) is 22.1. The number of ether oxygens (including phenoxy) is 3. The van der Waals surface area contributed by atoms with E-state index in [0.717, 1.165) is 19.3 Å². The Hall–Kier alpha value is -3.10. The first-order chi connectivity index (χ1) is 14.9. The van der Waals surface area contributed by atoms with Gasteiger partial charge in [0.1, 0.15) is 11.5 Å². The number of hydrogen-bond acceptors (Lipinski definition) is 7. The second-order valence-corrected chi connectivity index (χ2v) is 8.24. The maximum absolute atomic E-state index is 12.6. The number of benzene rings is 1. The maximum Gasteiger partial charge on any atom is 0.308 e. The van der Waals surface area contributed by atoms with E-state index in [2.05, 4.69) is 5.32 Å². The van der Waals surface area contributed by atoms with E-state index in [4.69, 9.17) is 14.2 Å². The third-order valence-electron chi connectivity index (χ3n) is 6.61. The summed E-state index contributed by atoms with van der Waals surface area (Å²) in [6.45, 7) is -0.484. The van der Waals surface area contributed by atoms with Gasteiger partial charge >= 0.3 is 5.97 Å². The number of carbonyl (C=O) groups is 4. The molecule has 0 unspecified atom stereocenters. The van der Waals surface area contributed by atoms with Gasteiger partial charge in [-0.1, -0.05) is 0 Å². The topological polar surface area (TPSA) is 111 Å². The highest BCUT2D eigenvalue weighted by Crippen LogP contribution is 2.56. The molecule has 4 rings (SSSR count). The van der Waals surface area contributed by atoms with Gasteiger partial charge in [0.25, 0.3) is 5.91 Å². The van der Waals surface area contributed by atoms with E-state index >= 15 is 0 Å². The van der Waals surface area contributed by atoms with Gasteiger partial charge in [0.2, 0.25) is 11.8 Å². The van der Waals surface area contributed by atoms with Gasteiger partial charge in [0.15, 0.2) is 6.61 Å². The number of esters is 1. The molecule has 0 radical (unpaired) electrons. The molecule has 31 heavy (non-hydrogen) atoms. The van der Waals surface area contributed by atoms with E-state index in [1.807, 2.05) is 0 Å². The normalized spacial score (nSPS) is 26.1. The molecule has 3 amide bonds. The lowest BCUT2D eigenvalue weighted by molar-refractivity contribution is -0.149. The second-order valence-electron chi connectivity index (χ2n) is 8.24. The molecule has 1 aliphatic heterocycles. The highest BCUT2D eigenvalue weighted by molar-refractivity contribution is 6.06. The number of hydrogen-bond donors (Lipinski definition) is 1. The minimum atomic E-state index is -0.641. The highest BCUT2D eigenvalue weighted by Gasteiger charge is 2.60. The van der Waals surface area contributed by atoms with Gasteiger partial charge in [0, 0.05) is 12.6 Å². The molecule has 2 bridgehead atoms. The number of fused-ring (bicyclic) bond motifs is 5. The van der Waals surface area contributed by atoms with Crippen molar-refractivity contribution in [1.82, 2.24) is 4.90 Å². The van der Waals surface area contributed by atoms with Crippen LogP contribution < -0.4 is 14.8 Å². The number of imide groups is 1. The third-order valence-corrected chi connectivity index (χ3v) is 6.61. The fraction of sp³-hybridized carbons (Fsp3) is 0.545. The Labute approximate surface area is 180 Å². The Bertz CT molecular complexity index is 887. The first-order valence-corrected chi connectivity index (χ1v) is 10.5. The molecule has 1 N–H and O–H groups in total. The molecule has 1 aromatic rings. The van der Waals surface area contributed by atoms with Crippen molar-refractivity contribution >= 4 is 29.4 Å². The average Bonchev–Trinajstić information content (AvgIpc) is 3.45. The number of nitrogens with zero attached hydrogens (tertiary/aromatic N) is 1. The first-order valence-electron chi connectivity index (χ1n) is 10.5. The molecular weight excluding hydrogens is 404 g/mol. The predicted octanol–water partition coefficient (Wildman–Crippen LogP) is 1.61. The first kappa shape index (κ1) is 21.1. The highest BCUT2D eigenvalue weighted by atomic mass is 16.5. The van der Waals surface area contributed by atoms with Crippen LogP contribution in [0.1, 0.15) is 25.7 Å². The van der Waals surface area contributed by atoms with Gasteiger partial charge in [-0.3, -0.25) is 24.1 Å². The molecule has 1 saturated heterocycles. The number of anilines is 1. The van der Waals surface area contributed by atoms with Crippen LogP contribution in [0.5, 0.6) is 11.5 Å². The number of amides is 3. The lowest BCUT2D eigenvalue weighted by Gasteiger charge is -2.19. The third kappa shape index (κ3) is 3.96. The minimum Gasteiger partial charge on any atom is -0.497 e. The van der Waals surface area contributed by atoms with E-state index < -0.39 is 18.5 Å². The minimum absolute atomic E-state index is 0.00311. The van der Waals surface area contributed by atoms with Crippen molar-refractivity contribution in [3.63, 3.8) is 0 Å². The van der Waals surface area contributed by atoms with Crippen molar-refractivity contribution < 1.29 is 33.4 Å². The number of nitrogens with one attached hydrogen (secondary N) is 1. The van der Waals surface area contributed by atoms with E-state index in [9.17, 15) is 19.2 Å². The monoisotopic (exact) mass is 430 g/mol. The zero-order valence-electron chi connectivity index (χ0n) is 17.6. The van der Waals surface area contributed by atoms with Crippen LogP contribution in [-0.4, -0.2) is 56.0 Å². The molecular formula is C22H26N2O7. The summed E-state index contributed by atoms with van der Waals surface area (Å²) >= 11 is 0. The largest absolute Gasteiger partial charge is 0.497 e. The van der Waals surface area contributed by atoms with Crippen molar-refractivity contribution in [3.05, 3.63) is 18.2 Å². The second kappa shape index (κ2) is 8.56. The summed E-state index contributed by atoms with van der Waals surface area (Å²) in [5, 5.41) is 2.61. The van der Waals surface area contributed by atoms with Crippen molar-refractivity contribution in [2.45, 2.75) is 25.7 Å². The molecule has 2 saturated carbocycles. The number of methoxy groups -OCH3 is 2. The SMILES string of the molecule is COc1ccc(NC(=O)COC(=O)CCN2C(=O)[C@@H]3[C@H]4CC[C@@H](C4)[C@H]3C2=O)c(OC)c1. The molecule has 166 valence electrons. The number of rotatable bonds is 8. The quantitative estimate of drug-likeness (QED) is 0.493. The molecule has 1 aromatic carbocycles. The van der Waals surface area contributed by atoms with Gasteiger partial charge < -0.3 is 19.5 Å². The van der Waals surface area contributed by atoms with Crippen LogP contribution in [0.2, 0.25) is 0 Å². The number of likely N-dealkylation sites (tertiary alicyclic amines) is 1. The Morgan fingerprint density at radius 2 is 1.74 bits per heavy atom. The van der Waals surface area contributed by atoms with Gasteiger partial charge in [-0.25, -0.2) is 0 Å². The lowest BCUT2D eigenvalue weighted by atomic mass is 9.81. The fourth-order valence-corrected chi connectivity index (χ4v) is 5.20. The predicted molar refractivity (Wildman–Crippen MR) is 108 cm³/mol. The van der Waals surface area contributed by atoms with Crippen molar-refractivity contribution in [2.24, 2.45) is 23.7 Å². The van der Waals surface area contributed by atoms with Gasteiger partial charge in [-0.15, -0.1) is 0 Å². The fourth-order valence-electron chi connectivity index (χ4n) is 5.20. The Balaban J connectivity index is 1.24. The molecule has 0 aromatic heterocycles. The molecule has 1 heterocycles. The molecule has 9 nitrogen and oxygen atoms in total. The molecule has 4 atom stereocenters. The van der Waals surface area contributed by atoms with Gasteiger partial charge in [-0.2, -0.15) is 0 Å². The van der Waals surface area contributed by atoms with Crippen LogP contribution in [-0.2, 0) is 23.9 Å². The van der Waals surface area contributed by atoms with Crippen molar-refractivity contribution in [2.75, 3.05) is 32.7 Å². The van der Waals surface area contributed by atoms with Gasteiger partial charge in [-0.05, 0) is 43.2 Å². The van der Waals surface area contributed by atoms with Crippen LogP contribution in [0.3, 0.4) is 0 Å². The molecule has 2 aliphatic carbocycles. The summed E-state index contributed by atoms with van der Waals surface area (Å²) in [5.74, 6) is -0.286. The standard InChI is InChI=1S/C22H26N2O7/c1-29-14-5-6-15(16(10-14)30-2)23-17(25)11-31-18(26)7-8-24-21(27)19-12-3-4-13(9-12)20(19)22(24)28/h5-6,10,12-13,19-20H,3-4,7-9,11H2,1-2H3,(H,23,25)/t12-,13-,19+,20+/m0/s1. The van der Waals surface area contributed by atoms with Crippen molar-refractivity contribution in [3.8, 4) is 11.5 Å². The Morgan fingerprint density at radius 3 is 2.35 bits per heavy atom. The smallest absolute Gasteiger partial charge is 0.308 e. The molecule has 0 spiro atoms. The molecule has 3 aliphatic rings. The summed E-state index contributed by atoms with van der Waals surface area (Å²) in [5.41, 5.74) is 0.416. The van der Waals surface area contributed by atoms with Crippen molar-refractivity contribution in [1.29, 1.82) is 0 Å². The maximum atomic E-state index is 12.6. The lowest BCUT2D eigenvalue weighted by Crippen LogP contribution is -2.35. The summed E-state index contributed by atoms with van der Waals surface area (Å²) in [6, 6.07) is 4.90. The van der Waals surface area contributed by atoms with Crippen LogP contribution >= 0.6 is 0 Å². The van der Waals surface area contributed by atoms with E-state index in [0.29, 0.717) is 29.0 Å². The number of carbonyl (C=O) groups excluding carboxylic acids is 4.